The fourth-order valence-corrected chi connectivity index (χ4v) is 0. The quantitative estimate of drug-likeness (QED) is 0.364. The van der Waals surface area contributed by atoms with E-state index in [4.69, 9.17) is 0 Å². The minimum Gasteiger partial charge on any atom is 0 e. The first-order valence-electron chi connectivity index (χ1n) is 0. The van der Waals surface area contributed by atoms with E-state index in [2.05, 4.69) is 0 Å². The summed E-state index contributed by atoms with van der Waals surface area (Å²) in [6, 6.07) is 0. The van der Waals surface area contributed by atoms with E-state index in [9.17, 15) is 0 Å². The molecule has 0 saturated carbocycles. The summed E-state index contributed by atoms with van der Waals surface area (Å²) in [7, 11) is 0. The van der Waals surface area contributed by atoms with Gasteiger partial charge in [-0.1, -0.05) is 0 Å². The molecule has 0 bridgehead atoms. The summed E-state index contributed by atoms with van der Waals surface area (Å²) in [6.45, 7) is 0. The van der Waals surface area contributed by atoms with Crippen LogP contribution >= 0.6 is 0 Å². The molecule has 0 atom stereocenters. The van der Waals surface area contributed by atoms with Gasteiger partial charge in [-0.2, -0.15) is 0 Å². The molecule has 0 fully saturated rings. The Morgan fingerprint density at radius 3 is 1.00 bits per heavy atom. The van der Waals surface area contributed by atoms with Crippen LogP contribution in [0.5, 0.6) is 0 Å². The Morgan fingerprint density at radius 1 is 1.00 bits per heavy atom. The first kappa shape index (κ1) is 46.4. The van der Waals surface area contributed by atoms with Crippen molar-refractivity contribution in [3.05, 3.63) is 0 Å². The summed E-state index contributed by atoms with van der Waals surface area (Å²) in [5.74, 6) is 0. The third kappa shape index (κ3) is 9.51. The molecule has 0 heterocycles. The number of rotatable bonds is 0. The summed E-state index contributed by atoms with van der Waals surface area (Å²) >= 11 is 0. The van der Waals surface area contributed by atoms with Crippen LogP contribution in [0, 0.1) is 0 Å². The van der Waals surface area contributed by atoms with Crippen LogP contribution in [0.1, 0.15) is 0 Å². The molecule has 0 aliphatic heterocycles. The summed E-state index contributed by atoms with van der Waals surface area (Å²) in [5, 5.41) is 0. The van der Waals surface area contributed by atoms with Crippen LogP contribution < -0.4 is 0 Å². The fourth-order valence-electron chi connectivity index (χ4n) is 0. The molecule has 2 N–H and O–H groups in total. The third-order valence-electron chi connectivity index (χ3n) is 0. The molecule has 0 spiro atoms. The van der Waals surface area contributed by atoms with E-state index in [0.29, 0.717) is 0 Å². The zero-order chi connectivity index (χ0) is 0. The molecule has 1 nitrogen and oxygen atoms in total. The SMILES string of the molecule is O.[Fe].[LiH].[Mn]. The molecule has 0 aromatic carbocycles. The smallest absolute Gasteiger partial charge is 0 e. The molecule has 1 radical (unpaired) electrons. The number of hydrogen-bond acceptors (Lipinski definition) is 0. The summed E-state index contributed by atoms with van der Waals surface area (Å²) in [6.07, 6.45) is 0. The summed E-state index contributed by atoms with van der Waals surface area (Å²) < 4.78 is 0. The van der Waals surface area contributed by atoms with Crippen LogP contribution in [0.4, 0.5) is 0 Å². The molecule has 4 heavy (non-hydrogen) atoms. The van der Waals surface area contributed by atoms with Gasteiger partial charge in [0.15, 0.2) is 0 Å². The molecular formula is H3FeLiMnO. The predicted molar refractivity (Wildman–Crippen MR) is 10.8 cm³/mol. The second-order valence-corrected chi connectivity index (χ2v) is 0. The summed E-state index contributed by atoms with van der Waals surface area (Å²) in [4.78, 5) is 0. The largest absolute Gasteiger partial charge is 0 e. The van der Waals surface area contributed by atoms with Crippen molar-refractivity contribution in [2.24, 2.45) is 0 Å². The van der Waals surface area contributed by atoms with Gasteiger partial charge in [0.05, 0.1) is 0 Å². The van der Waals surface area contributed by atoms with Crippen molar-refractivity contribution in [3.63, 3.8) is 0 Å². The molecule has 25 valence electrons. The van der Waals surface area contributed by atoms with Gasteiger partial charge in [-0.3, -0.25) is 0 Å². The third-order valence-corrected chi connectivity index (χ3v) is 0. The van der Waals surface area contributed by atoms with Crippen molar-refractivity contribution in [2.75, 3.05) is 0 Å². The van der Waals surface area contributed by atoms with E-state index in [0.717, 1.165) is 0 Å². The zero-order valence-corrected chi connectivity index (χ0v) is 3.52. The van der Waals surface area contributed by atoms with Gasteiger partial charge in [-0.05, 0) is 0 Å². The standard InChI is InChI=1S/Fe.Li.Mn.H2O.H/h;;;1H2;. The van der Waals surface area contributed by atoms with Gasteiger partial charge in [0.25, 0.3) is 0 Å². The van der Waals surface area contributed by atoms with Crippen molar-refractivity contribution >= 4 is 18.9 Å². The fraction of sp³-hybridized carbons (Fsp3) is 0. The Labute approximate surface area is 58.3 Å². The number of hydrogen-bond donors (Lipinski definition) is 0. The summed E-state index contributed by atoms with van der Waals surface area (Å²) in [5.41, 5.74) is 0. The minimum absolute atomic E-state index is 0. The van der Waals surface area contributed by atoms with Gasteiger partial charge in [0.1, 0.15) is 0 Å². The van der Waals surface area contributed by atoms with Gasteiger partial charge in [0.2, 0.25) is 0 Å². The average molecular weight is 137 g/mol. The van der Waals surface area contributed by atoms with E-state index in [1.165, 1.54) is 0 Å². The van der Waals surface area contributed by atoms with E-state index in [1.54, 1.807) is 0 Å². The maximum Gasteiger partial charge on any atom is 0 e. The normalized spacial score (nSPS) is 0. The van der Waals surface area contributed by atoms with Crippen LogP contribution in [-0.4, -0.2) is 24.3 Å². The Bertz CT molecular complexity index is 8.00. The molecule has 0 aromatic rings. The van der Waals surface area contributed by atoms with Gasteiger partial charge < -0.3 is 5.48 Å². The van der Waals surface area contributed by atoms with E-state index in [1.807, 2.05) is 0 Å². The van der Waals surface area contributed by atoms with Crippen LogP contribution in [0.25, 0.3) is 0 Å². The predicted octanol–water partition coefficient (Wildman–Crippen LogP) is -1.48. The molecule has 0 unspecified atom stereocenters. The van der Waals surface area contributed by atoms with Crippen molar-refractivity contribution in [3.8, 4) is 0 Å². The van der Waals surface area contributed by atoms with Crippen molar-refractivity contribution in [1.29, 1.82) is 0 Å². The second kappa shape index (κ2) is 23.3. The second-order valence-electron chi connectivity index (χ2n) is 0. The molecule has 0 saturated heterocycles. The van der Waals surface area contributed by atoms with Crippen molar-refractivity contribution in [1.82, 2.24) is 0 Å². The molecule has 0 aromatic heterocycles. The first-order chi connectivity index (χ1) is 0. The van der Waals surface area contributed by atoms with E-state index >= 15 is 0 Å². The molecule has 0 rings (SSSR count). The Morgan fingerprint density at radius 2 is 1.00 bits per heavy atom. The van der Waals surface area contributed by atoms with E-state index < -0.39 is 0 Å². The molecule has 0 amide bonds. The molecule has 0 aliphatic carbocycles. The maximum absolute atomic E-state index is 0. The van der Waals surface area contributed by atoms with Crippen molar-refractivity contribution < 1.29 is 39.6 Å². The van der Waals surface area contributed by atoms with Crippen LogP contribution in [0.2, 0.25) is 0 Å². The Balaban J connectivity index is 0. The maximum atomic E-state index is 0. The van der Waals surface area contributed by atoms with E-state index in [-0.39, 0.29) is 58.5 Å². The Kier molecular flexibility index (Phi) is 271. The monoisotopic (exact) mass is 137 g/mol. The van der Waals surface area contributed by atoms with Gasteiger partial charge >= 0.3 is 18.9 Å². The topological polar surface area (TPSA) is 31.5 Å². The average Bonchev–Trinajstić information content (AvgIpc) is 0. The Hall–Kier alpha value is 1.60. The zero-order valence-electron chi connectivity index (χ0n) is 1.23. The van der Waals surface area contributed by atoms with Crippen LogP contribution in [-0.2, 0) is 34.1 Å². The molecule has 4 heteroatoms. The van der Waals surface area contributed by atoms with Crippen LogP contribution in [0.3, 0.4) is 0 Å². The van der Waals surface area contributed by atoms with Gasteiger partial charge in [-0.25, -0.2) is 0 Å². The first-order valence-corrected chi connectivity index (χ1v) is 0. The molecule has 0 aliphatic rings. The van der Waals surface area contributed by atoms with Crippen molar-refractivity contribution in [2.45, 2.75) is 0 Å². The van der Waals surface area contributed by atoms with Gasteiger partial charge in [0, 0.05) is 34.1 Å². The van der Waals surface area contributed by atoms with Gasteiger partial charge in [-0.15, -0.1) is 0 Å². The van der Waals surface area contributed by atoms with Crippen LogP contribution in [0.15, 0.2) is 0 Å². The molecular weight excluding hydrogens is 134 g/mol. The minimum atomic E-state index is 0.